The summed E-state index contributed by atoms with van der Waals surface area (Å²) in [5, 5.41) is 17.7. The Morgan fingerprint density at radius 3 is 2.29 bits per heavy atom. The quantitative estimate of drug-likeness (QED) is 0.305. The summed E-state index contributed by atoms with van der Waals surface area (Å²) in [6, 6.07) is 5.67. The van der Waals surface area contributed by atoms with Gasteiger partial charge in [-0.15, -0.1) is 0 Å². The van der Waals surface area contributed by atoms with Crippen molar-refractivity contribution in [3.63, 3.8) is 0 Å². The molecule has 1 rings (SSSR count). The van der Waals surface area contributed by atoms with E-state index in [9.17, 15) is 10.1 Å². The molecule has 0 aliphatic heterocycles. The Morgan fingerprint density at radius 1 is 1.35 bits per heavy atom. The van der Waals surface area contributed by atoms with Crippen LogP contribution in [0.2, 0.25) is 0 Å². The van der Waals surface area contributed by atoms with Gasteiger partial charge in [-0.2, -0.15) is 0 Å². The van der Waals surface area contributed by atoms with Gasteiger partial charge in [-0.05, 0) is 17.7 Å². The molecule has 0 unspecified atom stereocenters. The van der Waals surface area contributed by atoms with Gasteiger partial charge in [0, 0.05) is 12.1 Å². The van der Waals surface area contributed by atoms with Gasteiger partial charge in [0.25, 0.3) is 9.48 Å². The fourth-order valence-corrected chi connectivity index (χ4v) is 1.11. The van der Waals surface area contributed by atoms with Crippen LogP contribution in [0, 0.1) is 15.5 Å². The molecular formula is C9H7Cl3N2O3. The molecule has 1 N–H and O–H groups in total. The Hall–Kier alpha value is -1.04. The van der Waals surface area contributed by atoms with E-state index in [2.05, 4.69) is 0 Å². The summed E-state index contributed by atoms with van der Waals surface area (Å²) in [7, 11) is 0. The molecule has 0 saturated heterocycles. The Labute approximate surface area is 112 Å². The van der Waals surface area contributed by atoms with Crippen molar-refractivity contribution in [1.29, 1.82) is 5.41 Å². The second-order valence-electron chi connectivity index (χ2n) is 3.04. The first kappa shape index (κ1) is 14.0. The summed E-state index contributed by atoms with van der Waals surface area (Å²) < 4.78 is 3.01. The number of benzene rings is 1. The molecule has 1 aromatic rings. The van der Waals surface area contributed by atoms with E-state index in [-0.39, 0.29) is 12.3 Å². The van der Waals surface area contributed by atoms with Gasteiger partial charge in [-0.3, -0.25) is 15.5 Å². The second-order valence-corrected chi connectivity index (χ2v) is 5.32. The average molecular weight is 298 g/mol. The highest BCUT2D eigenvalue weighted by molar-refractivity contribution is 6.75. The van der Waals surface area contributed by atoms with Crippen molar-refractivity contribution in [2.75, 3.05) is 0 Å². The Balaban J connectivity index is 2.59. The smallest absolute Gasteiger partial charge is 0.269 e. The zero-order chi connectivity index (χ0) is 13.1. The molecule has 0 atom stereocenters. The molecule has 0 fully saturated rings. The van der Waals surface area contributed by atoms with Gasteiger partial charge in [0.05, 0.1) is 4.92 Å². The third kappa shape index (κ3) is 4.38. The molecule has 0 spiro atoms. The SMILES string of the molecule is N=C(OCc1ccc([N+](=O)[O-])cc1)C(Cl)(Cl)Cl. The number of nitrogens with zero attached hydrogens (tertiary/aromatic N) is 1. The highest BCUT2D eigenvalue weighted by atomic mass is 35.6. The largest absolute Gasteiger partial charge is 0.473 e. The van der Waals surface area contributed by atoms with Crippen LogP contribution in [-0.4, -0.2) is 14.6 Å². The maximum Gasteiger partial charge on any atom is 0.269 e. The number of alkyl halides is 3. The molecule has 0 saturated carbocycles. The summed E-state index contributed by atoms with van der Waals surface area (Å²) in [5.41, 5.74) is 0.611. The van der Waals surface area contributed by atoms with Crippen molar-refractivity contribution in [2.24, 2.45) is 0 Å². The van der Waals surface area contributed by atoms with Crippen molar-refractivity contribution in [3.8, 4) is 0 Å². The lowest BCUT2D eigenvalue weighted by Gasteiger charge is -2.13. The van der Waals surface area contributed by atoms with E-state index >= 15 is 0 Å². The molecular weight excluding hydrogens is 290 g/mol. The van der Waals surface area contributed by atoms with E-state index < -0.39 is 14.6 Å². The lowest BCUT2D eigenvalue weighted by atomic mass is 10.2. The minimum atomic E-state index is -1.90. The van der Waals surface area contributed by atoms with Gasteiger partial charge in [-0.1, -0.05) is 34.8 Å². The van der Waals surface area contributed by atoms with Crippen LogP contribution in [0.25, 0.3) is 0 Å². The molecule has 92 valence electrons. The third-order valence-electron chi connectivity index (χ3n) is 1.79. The van der Waals surface area contributed by atoms with Crippen molar-refractivity contribution >= 4 is 46.4 Å². The maximum absolute atomic E-state index is 10.4. The number of nitro benzene ring substituents is 1. The molecule has 0 bridgehead atoms. The van der Waals surface area contributed by atoms with Crippen LogP contribution in [0.1, 0.15) is 5.56 Å². The predicted molar refractivity (Wildman–Crippen MR) is 65.9 cm³/mol. The van der Waals surface area contributed by atoms with Gasteiger partial charge in [0.15, 0.2) is 0 Å². The zero-order valence-corrected chi connectivity index (χ0v) is 10.6. The number of hydrogen-bond acceptors (Lipinski definition) is 4. The Morgan fingerprint density at radius 2 is 1.88 bits per heavy atom. The van der Waals surface area contributed by atoms with E-state index in [1.54, 1.807) is 0 Å². The monoisotopic (exact) mass is 296 g/mol. The standard InChI is InChI=1S/C9H7Cl3N2O3/c10-9(11,12)8(13)17-5-6-1-3-7(4-2-6)14(15)16/h1-4,13H,5H2. The third-order valence-corrected chi connectivity index (χ3v) is 2.30. The molecule has 8 heteroatoms. The normalized spacial score (nSPS) is 11.0. The molecule has 0 radical (unpaired) electrons. The fraction of sp³-hybridized carbons (Fsp3) is 0.222. The molecule has 0 aliphatic rings. The van der Waals surface area contributed by atoms with E-state index in [1.807, 2.05) is 0 Å². The van der Waals surface area contributed by atoms with E-state index in [4.69, 9.17) is 44.9 Å². The van der Waals surface area contributed by atoms with Gasteiger partial charge in [0.1, 0.15) is 6.61 Å². The van der Waals surface area contributed by atoms with Crippen LogP contribution >= 0.6 is 34.8 Å². The van der Waals surface area contributed by atoms with Gasteiger partial charge in [0.2, 0.25) is 5.90 Å². The van der Waals surface area contributed by atoms with Crippen LogP contribution in [0.15, 0.2) is 24.3 Å². The highest BCUT2D eigenvalue weighted by Gasteiger charge is 2.28. The first-order valence-electron chi connectivity index (χ1n) is 4.32. The predicted octanol–water partition coefficient (Wildman–Crippen LogP) is 3.46. The molecule has 0 aliphatic carbocycles. The van der Waals surface area contributed by atoms with Gasteiger partial charge in [-0.25, -0.2) is 0 Å². The minimum absolute atomic E-state index is 0.00470. The number of non-ortho nitro benzene ring substituents is 1. The summed E-state index contributed by atoms with van der Waals surface area (Å²) in [4.78, 5) is 9.89. The molecule has 0 amide bonds. The molecule has 0 aromatic heterocycles. The number of nitro groups is 1. The maximum atomic E-state index is 10.4. The van der Waals surface area contributed by atoms with E-state index in [0.29, 0.717) is 5.56 Å². The second kappa shape index (κ2) is 5.53. The fourth-order valence-electron chi connectivity index (χ4n) is 0.951. The van der Waals surface area contributed by atoms with Crippen LogP contribution < -0.4 is 0 Å². The van der Waals surface area contributed by atoms with Crippen LogP contribution in [0.5, 0.6) is 0 Å². The molecule has 1 aromatic carbocycles. The van der Waals surface area contributed by atoms with E-state index in [0.717, 1.165) is 0 Å². The number of halogens is 3. The van der Waals surface area contributed by atoms with Crippen LogP contribution in [-0.2, 0) is 11.3 Å². The Bertz CT molecular complexity index is 428. The lowest BCUT2D eigenvalue weighted by Crippen LogP contribution is -2.20. The van der Waals surface area contributed by atoms with Crippen molar-refractivity contribution in [1.82, 2.24) is 0 Å². The van der Waals surface area contributed by atoms with Crippen molar-refractivity contribution in [3.05, 3.63) is 39.9 Å². The summed E-state index contributed by atoms with van der Waals surface area (Å²) in [5.74, 6) is -0.499. The number of ether oxygens (including phenoxy) is 1. The number of rotatable bonds is 3. The average Bonchev–Trinajstić information content (AvgIpc) is 2.25. The molecule has 0 heterocycles. The molecule has 17 heavy (non-hydrogen) atoms. The zero-order valence-electron chi connectivity index (χ0n) is 8.32. The first-order valence-corrected chi connectivity index (χ1v) is 5.46. The van der Waals surface area contributed by atoms with Gasteiger partial charge >= 0.3 is 0 Å². The van der Waals surface area contributed by atoms with Crippen molar-refractivity contribution in [2.45, 2.75) is 10.4 Å². The van der Waals surface area contributed by atoms with Crippen LogP contribution in [0.3, 0.4) is 0 Å². The summed E-state index contributed by atoms with van der Waals surface area (Å²) >= 11 is 16.2. The summed E-state index contributed by atoms with van der Waals surface area (Å²) in [6.07, 6.45) is 0. The minimum Gasteiger partial charge on any atom is -0.473 e. The highest BCUT2D eigenvalue weighted by Crippen LogP contribution is 2.28. The van der Waals surface area contributed by atoms with Crippen LogP contribution in [0.4, 0.5) is 5.69 Å². The van der Waals surface area contributed by atoms with E-state index in [1.165, 1.54) is 24.3 Å². The topological polar surface area (TPSA) is 76.2 Å². The molecule has 5 nitrogen and oxygen atoms in total. The first-order chi connectivity index (χ1) is 7.80. The summed E-state index contributed by atoms with van der Waals surface area (Å²) in [6.45, 7) is 0.00470. The lowest BCUT2D eigenvalue weighted by molar-refractivity contribution is -0.384. The number of hydrogen-bond donors (Lipinski definition) is 1. The Kier molecular flexibility index (Phi) is 4.56. The van der Waals surface area contributed by atoms with Crippen molar-refractivity contribution < 1.29 is 9.66 Å². The number of nitrogens with one attached hydrogen (secondary N) is 1. The van der Waals surface area contributed by atoms with Gasteiger partial charge < -0.3 is 4.74 Å².